The van der Waals surface area contributed by atoms with Crippen molar-refractivity contribution >= 4 is 64.5 Å². The Morgan fingerprint density at radius 2 is 1.79 bits per heavy atom. The molecule has 1 aliphatic heterocycles. The number of urea groups is 1. The molecule has 220 valence electrons. The summed E-state index contributed by atoms with van der Waals surface area (Å²) < 4.78 is 0. The molecule has 3 aromatic rings. The molecule has 0 saturated carbocycles. The maximum atomic E-state index is 13.2. The molecule has 0 radical (unpaired) electrons. The molecule has 0 aliphatic carbocycles. The van der Waals surface area contributed by atoms with Crippen molar-refractivity contribution in [1.29, 1.82) is 0 Å². The first kappa shape index (κ1) is 31.1. The normalized spacial score (nSPS) is 15.1. The van der Waals surface area contributed by atoms with Crippen molar-refractivity contribution in [3.8, 4) is 0 Å². The van der Waals surface area contributed by atoms with Gasteiger partial charge < -0.3 is 25.5 Å². The standard InChI is InChI=1S/C29H29Cl2N5O5S/c1-35(14-12-19-5-2-3-13-32-19)29(41)36-17-42-16-24(36)26(37)34-23(28(39)40)15-18-8-10-20(11-9-18)33-27(38)25-21(30)6-4-7-22(25)31/h2-11,13,23-24H,12,14-17H2,1H3,(H,33,38)(H,34,37)(H,39,40)/t23-,24+/m0/s1. The Morgan fingerprint density at radius 3 is 2.43 bits per heavy atom. The number of pyridine rings is 1. The Balaban J connectivity index is 1.34. The molecule has 1 fully saturated rings. The van der Waals surface area contributed by atoms with Crippen LogP contribution in [0.25, 0.3) is 0 Å². The largest absolute Gasteiger partial charge is 0.480 e. The van der Waals surface area contributed by atoms with E-state index in [4.69, 9.17) is 23.2 Å². The number of rotatable bonds is 10. The van der Waals surface area contributed by atoms with Crippen LogP contribution in [0.3, 0.4) is 0 Å². The maximum absolute atomic E-state index is 13.2. The van der Waals surface area contributed by atoms with Crippen LogP contribution in [0.1, 0.15) is 21.6 Å². The average molecular weight is 631 g/mol. The molecule has 4 rings (SSSR count). The molecule has 0 bridgehead atoms. The van der Waals surface area contributed by atoms with Gasteiger partial charge in [0.1, 0.15) is 12.1 Å². The molecule has 2 aromatic carbocycles. The number of likely N-dealkylation sites (N-methyl/N-ethyl adjacent to an activating group) is 1. The fraction of sp³-hybridized carbons (Fsp3) is 0.276. The van der Waals surface area contributed by atoms with E-state index in [-0.39, 0.29) is 28.1 Å². The Bertz CT molecular complexity index is 1420. The summed E-state index contributed by atoms with van der Waals surface area (Å²) in [4.78, 5) is 58.2. The number of anilines is 1. The van der Waals surface area contributed by atoms with Crippen LogP contribution < -0.4 is 10.6 Å². The SMILES string of the molecule is CN(CCc1ccccn1)C(=O)N1CSC[C@@H]1C(=O)N[C@@H](Cc1ccc(NC(=O)c2c(Cl)cccc2Cl)cc1)C(=O)O. The van der Waals surface area contributed by atoms with Gasteiger partial charge in [0.25, 0.3) is 5.91 Å². The van der Waals surface area contributed by atoms with Crippen molar-refractivity contribution < 1.29 is 24.3 Å². The quantitative estimate of drug-likeness (QED) is 0.302. The third kappa shape index (κ3) is 7.93. The lowest BCUT2D eigenvalue weighted by molar-refractivity contribution is -0.142. The summed E-state index contributed by atoms with van der Waals surface area (Å²) in [6.45, 7) is 0.422. The van der Waals surface area contributed by atoms with Gasteiger partial charge in [0.05, 0.1) is 21.5 Å². The van der Waals surface area contributed by atoms with Gasteiger partial charge in [-0.15, -0.1) is 11.8 Å². The zero-order valence-corrected chi connectivity index (χ0v) is 25.0. The van der Waals surface area contributed by atoms with Gasteiger partial charge in [-0.25, -0.2) is 9.59 Å². The molecule has 42 heavy (non-hydrogen) atoms. The number of hydrogen-bond acceptors (Lipinski definition) is 6. The van der Waals surface area contributed by atoms with Crippen molar-refractivity contribution in [1.82, 2.24) is 20.1 Å². The highest BCUT2D eigenvalue weighted by Gasteiger charge is 2.37. The van der Waals surface area contributed by atoms with E-state index in [2.05, 4.69) is 15.6 Å². The lowest BCUT2D eigenvalue weighted by Gasteiger charge is -2.29. The molecule has 1 aliphatic rings. The first-order valence-electron chi connectivity index (χ1n) is 13.0. The number of hydrogen-bond donors (Lipinski definition) is 3. The molecule has 1 saturated heterocycles. The average Bonchev–Trinajstić information content (AvgIpc) is 3.47. The minimum absolute atomic E-state index is 0.00340. The zero-order valence-electron chi connectivity index (χ0n) is 22.6. The van der Waals surface area contributed by atoms with Crippen molar-refractivity contribution in [2.24, 2.45) is 0 Å². The Hall–Kier alpha value is -3.80. The number of aliphatic carboxylic acids is 1. The Morgan fingerprint density at radius 1 is 1.07 bits per heavy atom. The molecular formula is C29H29Cl2N5O5S. The molecule has 3 N–H and O–H groups in total. The predicted molar refractivity (Wildman–Crippen MR) is 163 cm³/mol. The van der Waals surface area contributed by atoms with E-state index in [9.17, 15) is 24.3 Å². The fourth-order valence-corrected chi connectivity index (χ4v) is 6.04. The number of carbonyl (C=O) groups excluding carboxylic acids is 3. The second-order valence-electron chi connectivity index (χ2n) is 9.61. The van der Waals surface area contributed by atoms with E-state index in [1.54, 1.807) is 55.7 Å². The molecule has 4 amide bonds. The van der Waals surface area contributed by atoms with Crippen LogP contribution >= 0.6 is 35.0 Å². The van der Waals surface area contributed by atoms with E-state index in [1.165, 1.54) is 21.6 Å². The van der Waals surface area contributed by atoms with Crippen LogP contribution in [0.2, 0.25) is 10.0 Å². The molecule has 0 spiro atoms. The number of halogens is 2. The minimum atomic E-state index is -1.22. The van der Waals surface area contributed by atoms with Gasteiger partial charge in [-0.3, -0.25) is 14.6 Å². The van der Waals surface area contributed by atoms with E-state index < -0.39 is 29.9 Å². The van der Waals surface area contributed by atoms with Crippen molar-refractivity contribution in [2.45, 2.75) is 24.9 Å². The number of carbonyl (C=O) groups is 4. The first-order chi connectivity index (χ1) is 20.1. The first-order valence-corrected chi connectivity index (χ1v) is 14.9. The second kappa shape index (κ2) is 14.4. The number of thioether (sulfide) groups is 1. The monoisotopic (exact) mass is 629 g/mol. The number of carboxylic acids is 1. The lowest BCUT2D eigenvalue weighted by atomic mass is 10.0. The van der Waals surface area contributed by atoms with Gasteiger partial charge >= 0.3 is 12.0 Å². The van der Waals surface area contributed by atoms with Crippen molar-refractivity contribution in [2.75, 3.05) is 30.5 Å². The van der Waals surface area contributed by atoms with Crippen LogP contribution in [0, 0.1) is 0 Å². The van der Waals surface area contributed by atoms with Crippen LogP contribution in [-0.4, -0.2) is 81.0 Å². The van der Waals surface area contributed by atoms with Crippen LogP contribution in [-0.2, 0) is 22.4 Å². The number of carboxylic acid groups (broad SMARTS) is 1. The number of nitrogens with one attached hydrogen (secondary N) is 2. The third-order valence-corrected chi connectivity index (χ3v) is 8.28. The van der Waals surface area contributed by atoms with Crippen LogP contribution in [0.15, 0.2) is 66.9 Å². The summed E-state index contributed by atoms with van der Waals surface area (Å²) in [5.74, 6) is -1.52. The summed E-state index contributed by atoms with van der Waals surface area (Å²) in [5, 5.41) is 15.6. The topological polar surface area (TPSA) is 132 Å². The summed E-state index contributed by atoms with van der Waals surface area (Å²) >= 11 is 13.6. The molecule has 2 atom stereocenters. The van der Waals surface area contributed by atoms with Crippen LogP contribution in [0.5, 0.6) is 0 Å². The second-order valence-corrected chi connectivity index (χ2v) is 11.4. The summed E-state index contributed by atoms with van der Waals surface area (Å²) in [6.07, 6.45) is 2.26. The van der Waals surface area contributed by atoms with Gasteiger partial charge in [-0.05, 0) is 42.0 Å². The third-order valence-electron chi connectivity index (χ3n) is 6.64. The summed E-state index contributed by atoms with van der Waals surface area (Å²) in [5.41, 5.74) is 2.09. The van der Waals surface area contributed by atoms with Gasteiger partial charge in [-0.1, -0.05) is 47.5 Å². The molecule has 13 heteroatoms. The minimum Gasteiger partial charge on any atom is -0.480 e. The van der Waals surface area contributed by atoms with Gasteiger partial charge in [-0.2, -0.15) is 0 Å². The molecule has 0 unspecified atom stereocenters. The van der Waals surface area contributed by atoms with Crippen molar-refractivity contribution in [3.63, 3.8) is 0 Å². The molecular weight excluding hydrogens is 601 g/mol. The lowest BCUT2D eigenvalue weighted by Crippen LogP contribution is -2.54. The number of benzene rings is 2. The van der Waals surface area contributed by atoms with Crippen LogP contribution in [0.4, 0.5) is 10.5 Å². The summed E-state index contributed by atoms with van der Waals surface area (Å²) in [7, 11) is 1.67. The Kier molecular flexibility index (Phi) is 10.7. The smallest absolute Gasteiger partial charge is 0.326 e. The zero-order chi connectivity index (χ0) is 30.2. The maximum Gasteiger partial charge on any atom is 0.326 e. The fourth-order valence-electron chi connectivity index (χ4n) is 4.33. The molecule has 1 aromatic heterocycles. The highest BCUT2D eigenvalue weighted by Crippen LogP contribution is 2.26. The van der Waals surface area contributed by atoms with E-state index >= 15 is 0 Å². The highest BCUT2D eigenvalue weighted by atomic mass is 35.5. The highest BCUT2D eigenvalue weighted by molar-refractivity contribution is 7.99. The predicted octanol–water partition coefficient (Wildman–Crippen LogP) is 4.42. The van der Waals surface area contributed by atoms with E-state index in [0.29, 0.717) is 35.8 Å². The van der Waals surface area contributed by atoms with E-state index in [0.717, 1.165) is 5.69 Å². The number of nitrogens with zero attached hydrogens (tertiary/aromatic N) is 3. The van der Waals surface area contributed by atoms with Gasteiger partial charge in [0, 0.05) is 49.8 Å². The van der Waals surface area contributed by atoms with E-state index in [1.807, 2.05) is 18.2 Å². The number of amides is 4. The Labute approximate surface area is 257 Å². The number of aromatic nitrogens is 1. The van der Waals surface area contributed by atoms with Crippen molar-refractivity contribution in [3.05, 3.63) is 93.7 Å². The summed E-state index contributed by atoms with van der Waals surface area (Å²) in [6, 6.07) is 14.6. The molecule has 2 heterocycles. The van der Waals surface area contributed by atoms with Gasteiger partial charge in [0.15, 0.2) is 0 Å². The molecule has 10 nitrogen and oxygen atoms in total. The van der Waals surface area contributed by atoms with Gasteiger partial charge in [0.2, 0.25) is 5.91 Å².